The Bertz CT molecular complexity index is 635. The van der Waals surface area contributed by atoms with Crippen LogP contribution in [-0.2, 0) is 6.54 Å². The van der Waals surface area contributed by atoms with E-state index in [-0.39, 0.29) is 0 Å². The zero-order valence-corrected chi connectivity index (χ0v) is 12.6. The van der Waals surface area contributed by atoms with Gasteiger partial charge in [-0.3, -0.25) is 0 Å². The third-order valence-corrected chi connectivity index (χ3v) is 4.50. The Morgan fingerprint density at radius 2 is 2.24 bits per heavy atom. The van der Waals surface area contributed by atoms with Gasteiger partial charge in [0.2, 0.25) is 0 Å². The summed E-state index contributed by atoms with van der Waals surface area (Å²) in [4.78, 5) is 14.9. The number of aromatic carboxylic acids is 1. The minimum absolute atomic E-state index is 0.333. The number of thiophene rings is 1. The van der Waals surface area contributed by atoms with Crippen LogP contribution in [-0.4, -0.2) is 24.2 Å². The Labute approximate surface area is 127 Å². The molecular formula is C16H17NO3S. The summed E-state index contributed by atoms with van der Waals surface area (Å²) in [5.41, 5.74) is 1.08. The minimum Gasteiger partial charge on any atom is -0.497 e. The van der Waals surface area contributed by atoms with Gasteiger partial charge in [-0.15, -0.1) is 11.3 Å². The summed E-state index contributed by atoms with van der Waals surface area (Å²) in [6.07, 6.45) is 2.23. The summed E-state index contributed by atoms with van der Waals surface area (Å²) in [5, 5.41) is 11.5. The number of rotatable bonds is 6. The number of carboxylic acids is 1. The smallest absolute Gasteiger partial charge is 0.337 e. The topological polar surface area (TPSA) is 49.8 Å². The molecular weight excluding hydrogens is 286 g/mol. The summed E-state index contributed by atoms with van der Waals surface area (Å²) in [6, 6.07) is 9.69. The fourth-order valence-electron chi connectivity index (χ4n) is 2.42. The molecule has 0 spiro atoms. The molecule has 1 aromatic heterocycles. The van der Waals surface area contributed by atoms with Crippen molar-refractivity contribution in [1.82, 2.24) is 0 Å². The highest BCUT2D eigenvalue weighted by molar-refractivity contribution is 7.09. The average Bonchev–Trinajstić information content (AvgIpc) is 3.20. The SMILES string of the molecule is COc1ccc(C(=O)O)c(N(Cc2cccs2)C2CC2)c1. The molecule has 1 aliphatic rings. The van der Waals surface area contributed by atoms with Crippen LogP contribution in [0.15, 0.2) is 35.7 Å². The molecule has 5 heteroatoms. The maximum atomic E-state index is 11.5. The van der Waals surface area contributed by atoms with Crippen LogP contribution < -0.4 is 9.64 Å². The standard InChI is InChI=1S/C16H17NO3S/c1-20-12-6-7-14(16(18)19)15(9-12)17(11-4-5-11)10-13-3-2-8-21-13/h2-3,6-9,11H,4-5,10H2,1H3,(H,18,19). The Hall–Kier alpha value is -2.01. The molecule has 0 radical (unpaired) electrons. The van der Waals surface area contributed by atoms with E-state index in [2.05, 4.69) is 11.0 Å². The van der Waals surface area contributed by atoms with Gasteiger partial charge in [0.15, 0.2) is 0 Å². The van der Waals surface area contributed by atoms with E-state index in [0.29, 0.717) is 17.4 Å². The van der Waals surface area contributed by atoms with Gasteiger partial charge in [0, 0.05) is 17.0 Å². The van der Waals surface area contributed by atoms with Crippen molar-refractivity contribution in [3.05, 3.63) is 46.2 Å². The van der Waals surface area contributed by atoms with Crippen molar-refractivity contribution in [2.75, 3.05) is 12.0 Å². The lowest BCUT2D eigenvalue weighted by Gasteiger charge is -2.26. The van der Waals surface area contributed by atoms with Gasteiger partial charge in [-0.05, 0) is 36.4 Å². The molecule has 0 unspecified atom stereocenters. The molecule has 4 nitrogen and oxygen atoms in total. The van der Waals surface area contributed by atoms with Gasteiger partial charge >= 0.3 is 5.97 Å². The highest BCUT2D eigenvalue weighted by Crippen LogP contribution is 2.37. The monoisotopic (exact) mass is 303 g/mol. The first-order valence-electron chi connectivity index (χ1n) is 6.89. The Balaban J connectivity index is 1.99. The van der Waals surface area contributed by atoms with Gasteiger partial charge in [-0.2, -0.15) is 0 Å². The third kappa shape index (κ3) is 3.03. The van der Waals surface area contributed by atoms with Crippen LogP contribution in [0.3, 0.4) is 0 Å². The van der Waals surface area contributed by atoms with Crippen LogP contribution in [0.5, 0.6) is 5.75 Å². The van der Waals surface area contributed by atoms with Gasteiger partial charge in [-0.1, -0.05) is 6.07 Å². The van der Waals surface area contributed by atoms with Crippen molar-refractivity contribution in [3.63, 3.8) is 0 Å². The van der Waals surface area contributed by atoms with Crippen LogP contribution in [0.1, 0.15) is 28.1 Å². The number of hydrogen-bond donors (Lipinski definition) is 1. The van der Waals surface area contributed by atoms with Crippen molar-refractivity contribution in [2.24, 2.45) is 0 Å². The lowest BCUT2D eigenvalue weighted by Crippen LogP contribution is -2.26. The second-order valence-electron chi connectivity index (χ2n) is 5.13. The summed E-state index contributed by atoms with van der Waals surface area (Å²) in [7, 11) is 1.60. The first-order chi connectivity index (χ1) is 10.2. The fourth-order valence-corrected chi connectivity index (χ4v) is 3.13. The van der Waals surface area contributed by atoms with Crippen molar-refractivity contribution in [3.8, 4) is 5.75 Å². The van der Waals surface area contributed by atoms with Crippen molar-refractivity contribution < 1.29 is 14.6 Å². The Kier molecular flexibility index (Phi) is 3.84. The second-order valence-corrected chi connectivity index (χ2v) is 6.16. The van der Waals surface area contributed by atoms with E-state index >= 15 is 0 Å². The summed E-state index contributed by atoms with van der Waals surface area (Å²) < 4.78 is 5.26. The third-order valence-electron chi connectivity index (χ3n) is 3.64. The molecule has 3 rings (SSSR count). The van der Waals surface area contributed by atoms with E-state index in [1.807, 2.05) is 17.5 Å². The van der Waals surface area contributed by atoms with E-state index in [1.165, 1.54) is 4.88 Å². The molecule has 1 fully saturated rings. The minimum atomic E-state index is -0.899. The molecule has 0 saturated heterocycles. The van der Waals surface area contributed by atoms with Crippen molar-refractivity contribution in [2.45, 2.75) is 25.4 Å². The molecule has 0 atom stereocenters. The zero-order chi connectivity index (χ0) is 14.8. The number of methoxy groups -OCH3 is 1. The molecule has 1 N–H and O–H groups in total. The largest absolute Gasteiger partial charge is 0.497 e. The maximum absolute atomic E-state index is 11.5. The van der Waals surface area contributed by atoms with Crippen LogP contribution in [0.25, 0.3) is 0 Å². The number of carbonyl (C=O) groups is 1. The second kappa shape index (κ2) is 5.77. The highest BCUT2D eigenvalue weighted by Gasteiger charge is 2.32. The number of ether oxygens (including phenoxy) is 1. The summed E-state index contributed by atoms with van der Waals surface area (Å²) in [6.45, 7) is 0.746. The van der Waals surface area contributed by atoms with Crippen molar-refractivity contribution in [1.29, 1.82) is 0 Å². The maximum Gasteiger partial charge on any atom is 0.337 e. The predicted octanol–water partition coefficient (Wildman–Crippen LogP) is 3.62. The quantitative estimate of drug-likeness (QED) is 0.885. The molecule has 1 heterocycles. The van der Waals surface area contributed by atoms with Crippen LogP contribution in [0.4, 0.5) is 5.69 Å². The van der Waals surface area contributed by atoms with Gasteiger partial charge in [-0.25, -0.2) is 4.79 Å². The van der Waals surface area contributed by atoms with E-state index in [4.69, 9.17) is 4.74 Å². The number of carboxylic acid groups (broad SMARTS) is 1. The molecule has 0 amide bonds. The predicted molar refractivity (Wildman–Crippen MR) is 83.5 cm³/mol. The molecule has 0 bridgehead atoms. The molecule has 1 aromatic carbocycles. The Morgan fingerprint density at radius 1 is 1.43 bits per heavy atom. The van der Waals surface area contributed by atoms with E-state index in [0.717, 1.165) is 25.1 Å². The average molecular weight is 303 g/mol. The van der Waals surface area contributed by atoms with Gasteiger partial charge in [0.1, 0.15) is 5.75 Å². The van der Waals surface area contributed by atoms with Crippen LogP contribution in [0.2, 0.25) is 0 Å². The molecule has 0 aliphatic heterocycles. The number of hydrogen-bond acceptors (Lipinski definition) is 4. The van der Waals surface area contributed by atoms with Crippen LogP contribution in [0, 0.1) is 0 Å². The van der Waals surface area contributed by atoms with Gasteiger partial charge in [0.05, 0.1) is 24.9 Å². The summed E-state index contributed by atoms with van der Waals surface area (Å²) in [5.74, 6) is -0.212. The first-order valence-corrected chi connectivity index (χ1v) is 7.77. The van der Waals surface area contributed by atoms with Gasteiger partial charge in [0.25, 0.3) is 0 Å². The molecule has 1 aliphatic carbocycles. The van der Waals surface area contributed by atoms with Crippen LogP contribution >= 0.6 is 11.3 Å². The lowest BCUT2D eigenvalue weighted by atomic mass is 10.1. The first kappa shape index (κ1) is 13.9. The number of anilines is 1. The zero-order valence-electron chi connectivity index (χ0n) is 11.8. The highest BCUT2D eigenvalue weighted by atomic mass is 32.1. The molecule has 110 valence electrons. The number of benzene rings is 1. The van der Waals surface area contributed by atoms with E-state index in [1.54, 1.807) is 30.6 Å². The lowest BCUT2D eigenvalue weighted by molar-refractivity contribution is 0.0697. The molecule has 1 saturated carbocycles. The fraction of sp³-hybridized carbons (Fsp3) is 0.312. The van der Waals surface area contributed by atoms with E-state index < -0.39 is 5.97 Å². The molecule has 2 aromatic rings. The molecule has 21 heavy (non-hydrogen) atoms. The number of nitrogens with zero attached hydrogens (tertiary/aromatic N) is 1. The van der Waals surface area contributed by atoms with Crippen molar-refractivity contribution >= 4 is 23.0 Å². The normalized spacial score (nSPS) is 14.0. The summed E-state index contributed by atoms with van der Waals surface area (Å²) >= 11 is 1.69. The Morgan fingerprint density at radius 3 is 2.81 bits per heavy atom. The van der Waals surface area contributed by atoms with Gasteiger partial charge < -0.3 is 14.7 Å². The van der Waals surface area contributed by atoms with E-state index in [9.17, 15) is 9.90 Å².